The fourth-order valence-electron chi connectivity index (χ4n) is 1.50. The van der Waals surface area contributed by atoms with Gasteiger partial charge in [-0.05, 0) is 31.4 Å². The smallest absolute Gasteiger partial charge is 0.174 e. The maximum Gasteiger partial charge on any atom is 0.174 e. The van der Waals surface area contributed by atoms with E-state index in [1.165, 1.54) is 29.6 Å². The standard InChI is InChI=1S/C10H11N5S2/c1-5-3-7(16-10-13-4-14-17-10)8(9(11)12)6(2)15-5/h3-4H,1-2H3,(H3,11,12). The highest BCUT2D eigenvalue weighted by atomic mass is 32.2. The van der Waals surface area contributed by atoms with Crippen LogP contribution < -0.4 is 5.73 Å². The number of rotatable bonds is 3. The molecule has 88 valence electrons. The molecule has 5 nitrogen and oxygen atoms in total. The van der Waals surface area contributed by atoms with Crippen molar-refractivity contribution >= 4 is 29.1 Å². The van der Waals surface area contributed by atoms with Crippen LogP contribution in [0.3, 0.4) is 0 Å². The minimum absolute atomic E-state index is 0.0296. The highest BCUT2D eigenvalue weighted by Gasteiger charge is 2.13. The van der Waals surface area contributed by atoms with E-state index in [0.717, 1.165) is 20.6 Å². The summed E-state index contributed by atoms with van der Waals surface area (Å²) in [4.78, 5) is 9.33. The minimum atomic E-state index is 0.0296. The number of hydrogen-bond donors (Lipinski definition) is 2. The SMILES string of the molecule is Cc1cc(Sc2ncns2)c(C(=N)N)c(C)n1. The Labute approximate surface area is 107 Å². The third-order valence-corrected chi connectivity index (χ3v) is 3.86. The van der Waals surface area contributed by atoms with Gasteiger partial charge in [-0.2, -0.15) is 4.37 Å². The van der Waals surface area contributed by atoms with Gasteiger partial charge in [0.15, 0.2) is 4.34 Å². The third kappa shape index (κ3) is 2.62. The molecule has 0 aromatic carbocycles. The molecule has 17 heavy (non-hydrogen) atoms. The number of nitrogen functional groups attached to an aromatic ring is 1. The van der Waals surface area contributed by atoms with Gasteiger partial charge in [0.2, 0.25) is 0 Å². The summed E-state index contributed by atoms with van der Waals surface area (Å²) in [6, 6.07) is 1.91. The van der Waals surface area contributed by atoms with E-state index in [1.807, 2.05) is 19.9 Å². The van der Waals surface area contributed by atoms with Crippen LogP contribution in [0.25, 0.3) is 0 Å². The Kier molecular flexibility index (Phi) is 3.39. The average Bonchev–Trinajstić information content (AvgIpc) is 2.68. The molecule has 0 saturated carbocycles. The van der Waals surface area contributed by atoms with Gasteiger partial charge < -0.3 is 5.73 Å². The van der Waals surface area contributed by atoms with Gasteiger partial charge in [-0.1, -0.05) is 11.8 Å². The lowest BCUT2D eigenvalue weighted by atomic mass is 10.1. The summed E-state index contributed by atoms with van der Waals surface area (Å²) in [5, 5.41) is 7.61. The first-order valence-electron chi connectivity index (χ1n) is 4.85. The van der Waals surface area contributed by atoms with Crippen molar-refractivity contribution < 1.29 is 0 Å². The Balaban J connectivity index is 2.47. The molecule has 2 aromatic rings. The highest BCUT2D eigenvalue weighted by molar-refractivity contribution is 8.01. The van der Waals surface area contributed by atoms with Crippen LogP contribution in [0.15, 0.2) is 21.6 Å². The summed E-state index contributed by atoms with van der Waals surface area (Å²) >= 11 is 2.78. The summed E-state index contributed by atoms with van der Waals surface area (Å²) in [5.74, 6) is 0.0296. The number of hydrogen-bond acceptors (Lipinski definition) is 6. The summed E-state index contributed by atoms with van der Waals surface area (Å²) in [7, 11) is 0. The topological polar surface area (TPSA) is 88.5 Å². The van der Waals surface area contributed by atoms with Gasteiger partial charge in [-0.25, -0.2) is 4.98 Å². The number of nitrogens with two attached hydrogens (primary N) is 1. The Morgan fingerprint density at radius 1 is 1.47 bits per heavy atom. The summed E-state index contributed by atoms with van der Waals surface area (Å²) in [5.41, 5.74) is 7.94. The zero-order chi connectivity index (χ0) is 12.4. The van der Waals surface area contributed by atoms with E-state index in [-0.39, 0.29) is 5.84 Å². The van der Waals surface area contributed by atoms with E-state index in [0.29, 0.717) is 5.56 Å². The Morgan fingerprint density at radius 2 is 2.24 bits per heavy atom. The lowest BCUT2D eigenvalue weighted by Gasteiger charge is -2.10. The van der Waals surface area contributed by atoms with E-state index in [1.54, 1.807) is 0 Å². The maximum atomic E-state index is 7.61. The molecule has 0 saturated heterocycles. The van der Waals surface area contributed by atoms with E-state index in [4.69, 9.17) is 11.1 Å². The lowest BCUT2D eigenvalue weighted by Crippen LogP contribution is -2.15. The largest absolute Gasteiger partial charge is 0.384 e. The molecule has 0 radical (unpaired) electrons. The Morgan fingerprint density at radius 3 is 2.82 bits per heavy atom. The lowest BCUT2D eigenvalue weighted by molar-refractivity contribution is 1.07. The molecule has 0 aliphatic rings. The first-order chi connectivity index (χ1) is 8.08. The second-order valence-electron chi connectivity index (χ2n) is 3.45. The Hall–Kier alpha value is -1.47. The third-order valence-electron chi connectivity index (χ3n) is 2.10. The summed E-state index contributed by atoms with van der Waals surface area (Å²) < 4.78 is 4.78. The molecule has 0 aliphatic heterocycles. The van der Waals surface area contributed by atoms with Crippen molar-refractivity contribution in [1.82, 2.24) is 14.3 Å². The zero-order valence-corrected chi connectivity index (χ0v) is 11.0. The van der Waals surface area contributed by atoms with Crippen molar-refractivity contribution in [2.75, 3.05) is 0 Å². The number of pyridine rings is 1. The predicted octanol–water partition coefficient (Wildman–Crippen LogP) is 1.99. The van der Waals surface area contributed by atoms with Crippen LogP contribution >= 0.6 is 23.3 Å². The molecular weight excluding hydrogens is 254 g/mol. The number of nitrogens with zero attached hydrogens (tertiary/aromatic N) is 3. The number of aromatic nitrogens is 3. The molecule has 0 spiro atoms. The quantitative estimate of drug-likeness (QED) is 0.654. The summed E-state index contributed by atoms with van der Waals surface area (Å²) in [6.07, 6.45) is 1.52. The van der Waals surface area contributed by atoms with E-state index < -0.39 is 0 Å². The molecule has 0 bridgehead atoms. The van der Waals surface area contributed by atoms with E-state index in [2.05, 4.69) is 14.3 Å². The van der Waals surface area contributed by atoms with E-state index in [9.17, 15) is 0 Å². The zero-order valence-electron chi connectivity index (χ0n) is 9.39. The van der Waals surface area contributed by atoms with Crippen molar-refractivity contribution in [2.24, 2.45) is 5.73 Å². The molecule has 7 heteroatoms. The van der Waals surface area contributed by atoms with Crippen LogP contribution in [0.4, 0.5) is 0 Å². The monoisotopic (exact) mass is 265 g/mol. The molecule has 0 atom stereocenters. The number of nitrogens with one attached hydrogen (secondary N) is 1. The van der Waals surface area contributed by atoms with Gasteiger partial charge >= 0.3 is 0 Å². The number of aryl methyl sites for hydroxylation is 2. The number of amidine groups is 1. The van der Waals surface area contributed by atoms with Gasteiger partial charge in [-0.15, -0.1) is 0 Å². The van der Waals surface area contributed by atoms with Gasteiger partial charge in [0.1, 0.15) is 12.2 Å². The molecule has 3 N–H and O–H groups in total. The van der Waals surface area contributed by atoms with Crippen LogP contribution in [-0.2, 0) is 0 Å². The van der Waals surface area contributed by atoms with Gasteiger partial charge in [0.25, 0.3) is 0 Å². The van der Waals surface area contributed by atoms with Crippen LogP contribution in [0.1, 0.15) is 17.0 Å². The molecule has 2 rings (SSSR count). The van der Waals surface area contributed by atoms with Gasteiger partial charge in [-0.3, -0.25) is 10.4 Å². The van der Waals surface area contributed by atoms with Crippen molar-refractivity contribution in [3.05, 3.63) is 29.3 Å². The first kappa shape index (κ1) is 12.0. The molecule has 2 aromatic heterocycles. The van der Waals surface area contributed by atoms with Crippen molar-refractivity contribution in [1.29, 1.82) is 5.41 Å². The molecule has 2 heterocycles. The van der Waals surface area contributed by atoms with Crippen LogP contribution in [0.5, 0.6) is 0 Å². The fraction of sp³-hybridized carbons (Fsp3) is 0.200. The maximum absolute atomic E-state index is 7.61. The second-order valence-corrected chi connectivity index (χ2v) is 5.51. The molecule has 0 aliphatic carbocycles. The second kappa shape index (κ2) is 4.80. The van der Waals surface area contributed by atoms with Crippen molar-refractivity contribution in [3.8, 4) is 0 Å². The van der Waals surface area contributed by atoms with Crippen LogP contribution in [0.2, 0.25) is 0 Å². The van der Waals surface area contributed by atoms with E-state index >= 15 is 0 Å². The predicted molar refractivity (Wildman–Crippen MR) is 68.8 cm³/mol. The fourth-order valence-corrected chi connectivity index (χ4v) is 3.21. The van der Waals surface area contributed by atoms with Gasteiger partial charge in [0.05, 0.1) is 5.56 Å². The Bertz CT molecular complexity index is 550. The molecular formula is C10H11N5S2. The van der Waals surface area contributed by atoms with Crippen molar-refractivity contribution in [3.63, 3.8) is 0 Å². The average molecular weight is 265 g/mol. The molecule has 0 amide bonds. The van der Waals surface area contributed by atoms with Gasteiger partial charge in [0, 0.05) is 16.3 Å². The normalized spacial score (nSPS) is 10.5. The molecule has 0 unspecified atom stereocenters. The highest BCUT2D eigenvalue weighted by Crippen LogP contribution is 2.32. The summed E-state index contributed by atoms with van der Waals surface area (Å²) in [6.45, 7) is 3.77. The van der Waals surface area contributed by atoms with Crippen LogP contribution in [-0.4, -0.2) is 20.2 Å². The van der Waals surface area contributed by atoms with Crippen LogP contribution in [0, 0.1) is 19.3 Å². The first-order valence-corrected chi connectivity index (χ1v) is 6.44. The van der Waals surface area contributed by atoms with Crippen molar-refractivity contribution in [2.45, 2.75) is 23.1 Å². The minimum Gasteiger partial charge on any atom is -0.384 e. The molecule has 0 fully saturated rings.